The van der Waals surface area contributed by atoms with Crippen LogP contribution in [0.1, 0.15) is 0 Å². The van der Waals surface area contributed by atoms with Crippen LogP contribution in [0.3, 0.4) is 0 Å². The molecule has 0 unspecified atom stereocenters. The van der Waals surface area contributed by atoms with Gasteiger partial charge in [-0.2, -0.15) is 8.42 Å². The molecule has 0 radical (unpaired) electrons. The second-order valence-electron chi connectivity index (χ2n) is 3.80. The van der Waals surface area contributed by atoms with Crippen molar-refractivity contribution in [3.63, 3.8) is 0 Å². The van der Waals surface area contributed by atoms with Crippen LogP contribution in [0.5, 0.6) is 0 Å². The number of nitrogen functional groups attached to an aromatic ring is 1. The number of benzene rings is 2. The van der Waals surface area contributed by atoms with E-state index in [1.807, 2.05) is 0 Å². The van der Waals surface area contributed by atoms with Gasteiger partial charge in [-0.1, -0.05) is 12.1 Å². The fourth-order valence-electron chi connectivity index (χ4n) is 1.75. The molecule has 10 heteroatoms. The summed E-state index contributed by atoms with van der Waals surface area (Å²) in [4.78, 5) is -1.01. The molecule has 0 aliphatic heterocycles. The zero-order valence-corrected chi connectivity index (χ0v) is 13.9. The average molecular weight is 325 g/mol. The van der Waals surface area contributed by atoms with Crippen molar-refractivity contribution in [3.05, 3.63) is 30.3 Å². The van der Waals surface area contributed by atoms with E-state index in [-0.39, 0.29) is 46.0 Å². The van der Waals surface area contributed by atoms with Crippen LogP contribution in [-0.2, 0) is 20.2 Å². The largest absolute Gasteiger partial charge is 1.00 e. The predicted octanol–water partition coefficient (Wildman–Crippen LogP) is -2.42. The van der Waals surface area contributed by atoms with Gasteiger partial charge in [0.15, 0.2) is 0 Å². The first kappa shape index (κ1) is 17.4. The molecular formula is C10H8NNaO6S2. The zero-order chi connectivity index (χ0) is 14.4. The summed E-state index contributed by atoms with van der Waals surface area (Å²) >= 11 is 0. The molecule has 3 N–H and O–H groups in total. The molecule has 0 amide bonds. The fraction of sp³-hybridized carbons (Fsp3) is 0. The van der Waals surface area contributed by atoms with Crippen LogP contribution >= 0.6 is 0 Å². The first-order chi connectivity index (χ1) is 8.60. The second-order valence-corrected chi connectivity index (χ2v) is 6.57. The van der Waals surface area contributed by atoms with Crippen LogP contribution in [-0.4, -0.2) is 25.9 Å². The normalized spacial score (nSPS) is 12.1. The predicted molar refractivity (Wildman–Crippen MR) is 66.1 cm³/mol. The number of rotatable bonds is 2. The molecule has 7 nitrogen and oxygen atoms in total. The Hall–Kier alpha value is -0.680. The van der Waals surface area contributed by atoms with Crippen molar-refractivity contribution in [3.8, 4) is 0 Å². The van der Waals surface area contributed by atoms with Gasteiger partial charge in [0.05, 0.1) is 9.79 Å². The summed E-state index contributed by atoms with van der Waals surface area (Å²) in [5.41, 5.74) is 5.35. The van der Waals surface area contributed by atoms with Crippen molar-refractivity contribution >= 4 is 36.7 Å². The third-order valence-corrected chi connectivity index (χ3v) is 4.22. The van der Waals surface area contributed by atoms with Crippen molar-refractivity contribution < 1.29 is 55.5 Å². The molecule has 0 aliphatic rings. The van der Waals surface area contributed by atoms with Gasteiger partial charge in [-0.15, -0.1) is 0 Å². The molecule has 2 aromatic rings. The smallest absolute Gasteiger partial charge is 0.744 e. The van der Waals surface area contributed by atoms with E-state index < -0.39 is 30.0 Å². The van der Waals surface area contributed by atoms with Crippen molar-refractivity contribution in [2.24, 2.45) is 0 Å². The van der Waals surface area contributed by atoms with Gasteiger partial charge < -0.3 is 10.3 Å². The Morgan fingerprint density at radius 3 is 2.20 bits per heavy atom. The van der Waals surface area contributed by atoms with Gasteiger partial charge in [-0.05, 0) is 23.6 Å². The molecule has 0 aliphatic carbocycles. The number of nitrogens with two attached hydrogens (primary N) is 1. The molecule has 0 fully saturated rings. The molecule has 2 aromatic carbocycles. The Balaban J connectivity index is 0.00000200. The molecule has 0 saturated carbocycles. The summed E-state index contributed by atoms with van der Waals surface area (Å²) < 4.78 is 64.3. The topological polar surface area (TPSA) is 138 Å². The minimum Gasteiger partial charge on any atom is -0.744 e. The summed E-state index contributed by atoms with van der Waals surface area (Å²) in [5.74, 6) is 0. The van der Waals surface area contributed by atoms with E-state index >= 15 is 0 Å². The molecule has 0 saturated heterocycles. The van der Waals surface area contributed by atoms with E-state index in [2.05, 4.69) is 0 Å². The van der Waals surface area contributed by atoms with E-state index in [9.17, 15) is 21.4 Å². The first-order valence-electron chi connectivity index (χ1n) is 4.86. The molecule has 20 heavy (non-hydrogen) atoms. The number of hydrogen-bond donors (Lipinski definition) is 2. The summed E-state index contributed by atoms with van der Waals surface area (Å²) in [7, 11) is -9.21. The summed E-state index contributed by atoms with van der Waals surface area (Å²) in [6.07, 6.45) is 0. The van der Waals surface area contributed by atoms with Crippen LogP contribution in [0.25, 0.3) is 10.8 Å². The number of hydrogen-bond acceptors (Lipinski definition) is 6. The SMILES string of the molecule is Nc1cc(S(=O)(=O)O)cc2cccc(S(=O)(=O)[O-])c12.[Na+]. The van der Waals surface area contributed by atoms with Crippen molar-refractivity contribution in [1.29, 1.82) is 0 Å². The number of anilines is 1. The van der Waals surface area contributed by atoms with Crippen molar-refractivity contribution in [2.75, 3.05) is 5.73 Å². The van der Waals surface area contributed by atoms with Crippen LogP contribution < -0.4 is 35.3 Å². The van der Waals surface area contributed by atoms with E-state index in [0.717, 1.165) is 18.2 Å². The van der Waals surface area contributed by atoms with Crippen LogP contribution in [0.2, 0.25) is 0 Å². The Bertz CT molecular complexity index is 876. The van der Waals surface area contributed by atoms with Gasteiger partial charge in [0.2, 0.25) is 0 Å². The maximum atomic E-state index is 11.1. The van der Waals surface area contributed by atoms with Gasteiger partial charge in [-0.3, -0.25) is 4.55 Å². The van der Waals surface area contributed by atoms with E-state index in [1.165, 1.54) is 12.1 Å². The van der Waals surface area contributed by atoms with Crippen molar-refractivity contribution in [2.45, 2.75) is 9.79 Å². The van der Waals surface area contributed by atoms with Gasteiger partial charge >= 0.3 is 29.6 Å². The number of fused-ring (bicyclic) bond motifs is 1. The summed E-state index contributed by atoms with van der Waals surface area (Å²) in [6, 6.07) is 5.67. The average Bonchev–Trinajstić information content (AvgIpc) is 2.25. The minimum atomic E-state index is -4.74. The van der Waals surface area contributed by atoms with Gasteiger partial charge in [0, 0.05) is 11.1 Å². The van der Waals surface area contributed by atoms with Crippen LogP contribution in [0, 0.1) is 0 Å². The van der Waals surface area contributed by atoms with Gasteiger partial charge in [0.25, 0.3) is 10.1 Å². The van der Waals surface area contributed by atoms with E-state index in [1.54, 1.807) is 0 Å². The monoisotopic (exact) mass is 325 g/mol. The third-order valence-electron chi connectivity index (χ3n) is 2.51. The maximum Gasteiger partial charge on any atom is 1.00 e. The fourth-order valence-corrected chi connectivity index (χ4v) is 3.04. The first-order valence-corrected chi connectivity index (χ1v) is 7.71. The maximum absolute atomic E-state index is 11.1. The quantitative estimate of drug-likeness (QED) is 0.356. The molecule has 102 valence electrons. The summed E-state index contributed by atoms with van der Waals surface area (Å²) in [5, 5.41) is 0.0643. The van der Waals surface area contributed by atoms with Crippen LogP contribution in [0.15, 0.2) is 40.1 Å². The zero-order valence-electron chi connectivity index (χ0n) is 10.3. The Labute approximate surface area is 137 Å². The second kappa shape index (κ2) is 5.60. The molecule has 0 aromatic heterocycles. The summed E-state index contributed by atoms with van der Waals surface area (Å²) in [6.45, 7) is 0. The van der Waals surface area contributed by atoms with Crippen LogP contribution in [0.4, 0.5) is 5.69 Å². The Morgan fingerprint density at radius 2 is 1.70 bits per heavy atom. The van der Waals surface area contributed by atoms with E-state index in [0.29, 0.717) is 0 Å². The Morgan fingerprint density at radius 1 is 1.10 bits per heavy atom. The molecule has 2 rings (SSSR count). The molecule has 0 atom stereocenters. The standard InChI is InChI=1S/C10H9NO6S2.Na/c11-8-5-7(18(12,13)14)4-6-2-1-3-9(10(6)8)19(15,16)17;/h1-5H,11H2,(H,12,13,14)(H,15,16,17);/q;+1/p-1. The molecule has 0 bridgehead atoms. The molecule has 0 spiro atoms. The molecular weight excluding hydrogens is 317 g/mol. The van der Waals surface area contributed by atoms with E-state index in [4.69, 9.17) is 10.3 Å². The minimum absolute atomic E-state index is 0. The third kappa shape index (κ3) is 3.31. The van der Waals surface area contributed by atoms with Gasteiger partial charge in [-0.25, -0.2) is 8.42 Å². The van der Waals surface area contributed by atoms with Crippen molar-refractivity contribution in [1.82, 2.24) is 0 Å². The molecule has 0 heterocycles. The van der Waals surface area contributed by atoms with Gasteiger partial charge in [0.1, 0.15) is 10.1 Å². The Kier molecular flexibility index (Phi) is 4.87.